The molecule has 0 aliphatic carbocycles. The molecule has 0 atom stereocenters. The van der Waals surface area contributed by atoms with E-state index in [2.05, 4.69) is 21.2 Å². The summed E-state index contributed by atoms with van der Waals surface area (Å²) in [5.74, 6) is 0. The smallest absolute Gasteiger partial charge is 0.411 e. The van der Waals surface area contributed by atoms with E-state index in [1.54, 1.807) is 6.07 Å². The monoisotopic (exact) mass is 383 g/mol. The highest BCUT2D eigenvalue weighted by atomic mass is 79.9. The van der Waals surface area contributed by atoms with Crippen LogP contribution >= 0.6 is 15.9 Å². The quantitative estimate of drug-likeness (QED) is 0.874. The van der Waals surface area contributed by atoms with Gasteiger partial charge in [-0.2, -0.15) is 0 Å². The first-order valence-corrected chi connectivity index (χ1v) is 9.02. The van der Waals surface area contributed by atoms with Crippen LogP contribution in [0.1, 0.15) is 5.56 Å². The van der Waals surface area contributed by atoms with Crippen LogP contribution in [0.2, 0.25) is 0 Å². The number of halogens is 1. The van der Waals surface area contributed by atoms with E-state index >= 15 is 0 Å². The van der Waals surface area contributed by atoms with E-state index in [0.717, 1.165) is 11.8 Å². The van der Waals surface area contributed by atoms with Crippen molar-refractivity contribution < 1.29 is 17.9 Å². The number of amides is 1. The second kappa shape index (κ2) is 6.93. The number of benzene rings is 2. The number of sulfone groups is 1. The van der Waals surface area contributed by atoms with Crippen molar-refractivity contribution in [2.75, 3.05) is 11.6 Å². The van der Waals surface area contributed by atoms with Gasteiger partial charge in [0.2, 0.25) is 0 Å². The van der Waals surface area contributed by atoms with Gasteiger partial charge in [0.25, 0.3) is 0 Å². The third-order valence-electron chi connectivity index (χ3n) is 2.79. The highest BCUT2D eigenvalue weighted by Gasteiger charge is 2.16. The zero-order valence-electron chi connectivity index (χ0n) is 11.7. The molecule has 0 bridgehead atoms. The standard InChI is InChI=1S/C15H14BrNO4S/c1-22(19,20)14-9-12(16)7-8-13(14)17-15(18)21-10-11-5-3-2-4-6-11/h2-9H,10H2,1H3,(H,17,18). The van der Waals surface area contributed by atoms with E-state index < -0.39 is 15.9 Å². The Morgan fingerprint density at radius 3 is 2.50 bits per heavy atom. The first-order chi connectivity index (χ1) is 10.4. The molecule has 22 heavy (non-hydrogen) atoms. The van der Waals surface area contributed by atoms with Crippen molar-refractivity contribution in [3.05, 3.63) is 58.6 Å². The van der Waals surface area contributed by atoms with Crippen molar-refractivity contribution in [3.63, 3.8) is 0 Å². The van der Waals surface area contributed by atoms with Crippen molar-refractivity contribution >= 4 is 37.5 Å². The van der Waals surface area contributed by atoms with Crippen molar-refractivity contribution in [2.24, 2.45) is 0 Å². The molecule has 0 unspecified atom stereocenters. The fourth-order valence-electron chi connectivity index (χ4n) is 1.78. The number of hydrogen-bond donors (Lipinski definition) is 1. The molecule has 7 heteroatoms. The van der Waals surface area contributed by atoms with Crippen molar-refractivity contribution in [1.82, 2.24) is 0 Å². The molecule has 0 aliphatic heterocycles. The number of hydrogen-bond acceptors (Lipinski definition) is 4. The lowest BCUT2D eigenvalue weighted by atomic mass is 10.2. The molecule has 0 spiro atoms. The summed E-state index contributed by atoms with van der Waals surface area (Å²) >= 11 is 3.21. The number of ether oxygens (including phenoxy) is 1. The average molecular weight is 384 g/mol. The van der Waals surface area contributed by atoms with E-state index in [0.29, 0.717) is 4.47 Å². The van der Waals surface area contributed by atoms with E-state index in [4.69, 9.17) is 4.74 Å². The van der Waals surface area contributed by atoms with Crippen LogP contribution in [0.25, 0.3) is 0 Å². The Kier molecular flexibility index (Phi) is 5.20. The molecule has 2 aromatic rings. The summed E-state index contributed by atoms with van der Waals surface area (Å²) in [4.78, 5) is 11.8. The molecule has 1 amide bonds. The molecular formula is C15H14BrNO4S. The Hall–Kier alpha value is -1.86. The Morgan fingerprint density at radius 2 is 1.86 bits per heavy atom. The minimum Gasteiger partial charge on any atom is -0.444 e. The van der Waals surface area contributed by atoms with Crippen LogP contribution in [0.4, 0.5) is 10.5 Å². The Bertz CT molecular complexity index is 775. The maximum Gasteiger partial charge on any atom is 0.411 e. The summed E-state index contributed by atoms with van der Waals surface area (Å²) in [6.45, 7) is 0.109. The second-order valence-electron chi connectivity index (χ2n) is 4.60. The van der Waals surface area contributed by atoms with Crippen molar-refractivity contribution in [2.45, 2.75) is 11.5 Å². The summed E-state index contributed by atoms with van der Waals surface area (Å²) in [5, 5.41) is 2.45. The number of carbonyl (C=O) groups is 1. The molecule has 0 radical (unpaired) electrons. The number of nitrogens with one attached hydrogen (secondary N) is 1. The third kappa shape index (κ3) is 4.57. The average Bonchev–Trinajstić information content (AvgIpc) is 2.47. The zero-order chi connectivity index (χ0) is 16.2. The summed E-state index contributed by atoms with van der Waals surface area (Å²) < 4.78 is 29.2. The van der Waals surface area contributed by atoms with Gasteiger partial charge in [0.05, 0.1) is 10.6 Å². The van der Waals surface area contributed by atoms with Crippen LogP contribution in [-0.2, 0) is 21.2 Å². The number of anilines is 1. The van der Waals surface area contributed by atoms with Gasteiger partial charge in [-0.05, 0) is 23.8 Å². The normalized spacial score (nSPS) is 11.0. The molecule has 2 rings (SSSR count). The highest BCUT2D eigenvalue weighted by Crippen LogP contribution is 2.25. The molecule has 1 N–H and O–H groups in total. The molecule has 5 nitrogen and oxygen atoms in total. The molecule has 116 valence electrons. The maximum absolute atomic E-state index is 11.8. The van der Waals surface area contributed by atoms with Crippen LogP contribution in [0.3, 0.4) is 0 Å². The molecule has 2 aromatic carbocycles. The second-order valence-corrected chi connectivity index (χ2v) is 7.50. The zero-order valence-corrected chi connectivity index (χ0v) is 14.1. The Balaban J connectivity index is 2.09. The minimum absolute atomic E-state index is 0.0264. The summed E-state index contributed by atoms with van der Waals surface area (Å²) in [5.41, 5.74) is 1.03. The van der Waals surface area contributed by atoms with Crippen molar-refractivity contribution in [1.29, 1.82) is 0 Å². The highest BCUT2D eigenvalue weighted by molar-refractivity contribution is 9.10. The topological polar surface area (TPSA) is 72.5 Å². The summed E-state index contributed by atoms with van der Waals surface area (Å²) in [6.07, 6.45) is 0.367. The molecular weight excluding hydrogens is 370 g/mol. The first kappa shape index (κ1) is 16.5. The molecule has 0 saturated heterocycles. The summed E-state index contributed by atoms with van der Waals surface area (Å²) in [7, 11) is -3.47. The maximum atomic E-state index is 11.8. The number of carbonyl (C=O) groups excluding carboxylic acids is 1. The SMILES string of the molecule is CS(=O)(=O)c1cc(Br)ccc1NC(=O)OCc1ccccc1. The fraction of sp³-hybridized carbons (Fsp3) is 0.133. The van der Waals surface area contributed by atoms with Gasteiger partial charge in [-0.3, -0.25) is 5.32 Å². The number of rotatable bonds is 4. The van der Waals surface area contributed by atoms with E-state index in [9.17, 15) is 13.2 Å². The molecule has 0 aromatic heterocycles. The van der Waals surface area contributed by atoms with Gasteiger partial charge in [-0.1, -0.05) is 46.3 Å². The van der Waals surface area contributed by atoms with E-state index in [-0.39, 0.29) is 17.2 Å². The lowest BCUT2D eigenvalue weighted by Gasteiger charge is -2.11. The lowest BCUT2D eigenvalue weighted by Crippen LogP contribution is -2.15. The van der Waals surface area contributed by atoms with E-state index in [1.807, 2.05) is 30.3 Å². The van der Waals surface area contributed by atoms with Gasteiger partial charge in [-0.25, -0.2) is 13.2 Å². The minimum atomic E-state index is -3.47. The lowest BCUT2D eigenvalue weighted by molar-refractivity contribution is 0.155. The van der Waals surface area contributed by atoms with E-state index in [1.165, 1.54) is 12.1 Å². The summed E-state index contributed by atoms with van der Waals surface area (Å²) in [6, 6.07) is 13.8. The van der Waals surface area contributed by atoms with Gasteiger partial charge in [0.15, 0.2) is 9.84 Å². The Morgan fingerprint density at radius 1 is 1.18 bits per heavy atom. The van der Waals surface area contributed by atoms with Crippen LogP contribution in [0, 0.1) is 0 Å². The van der Waals surface area contributed by atoms with Crippen LogP contribution in [0.15, 0.2) is 57.9 Å². The van der Waals surface area contributed by atoms with Gasteiger partial charge in [0, 0.05) is 10.7 Å². The molecule has 0 saturated carbocycles. The van der Waals surface area contributed by atoms with Gasteiger partial charge >= 0.3 is 6.09 Å². The third-order valence-corrected chi connectivity index (χ3v) is 4.42. The van der Waals surface area contributed by atoms with Gasteiger partial charge in [0.1, 0.15) is 6.61 Å². The molecule has 0 heterocycles. The van der Waals surface area contributed by atoms with Crippen LogP contribution in [0.5, 0.6) is 0 Å². The van der Waals surface area contributed by atoms with Crippen LogP contribution in [-0.4, -0.2) is 20.8 Å². The fourth-order valence-corrected chi connectivity index (χ4v) is 3.15. The predicted molar refractivity (Wildman–Crippen MR) is 87.5 cm³/mol. The van der Waals surface area contributed by atoms with Crippen molar-refractivity contribution in [3.8, 4) is 0 Å². The molecule has 0 fully saturated rings. The van der Waals surface area contributed by atoms with Gasteiger partial charge < -0.3 is 4.74 Å². The first-order valence-electron chi connectivity index (χ1n) is 6.33. The molecule has 0 aliphatic rings. The Labute approximate surface area is 137 Å². The largest absolute Gasteiger partial charge is 0.444 e. The van der Waals surface area contributed by atoms with Gasteiger partial charge in [-0.15, -0.1) is 0 Å². The predicted octanol–water partition coefficient (Wildman–Crippen LogP) is 3.60. The van der Waals surface area contributed by atoms with Crippen LogP contribution < -0.4 is 5.32 Å².